The van der Waals surface area contributed by atoms with Crippen LogP contribution in [0.4, 0.5) is 4.79 Å². The third kappa shape index (κ3) is 4.69. The second kappa shape index (κ2) is 8.48. The molecule has 0 aromatic carbocycles. The number of aromatic nitrogens is 3. The topological polar surface area (TPSA) is 83.6 Å². The summed E-state index contributed by atoms with van der Waals surface area (Å²) in [6, 6.07) is 5.70. The summed E-state index contributed by atoms with van der Waals surface area (Å²) in [6.45, 7) is 6.64. The number of aromatic amines is 1. The highest BCUT2D eigenvalue weighted by Gasteiger charge is 2.21. The monoisotopic (exact) mass is 345 g/mol. The van der Waals surface area contributed by atoms with Gasteiger partial charge in [-0.1, -0.05) is 0 Å². The number of carbonyl (C=O) groups excluding carboxylic acids is 1. The molecule has 8 heteroatoms. The SMILES string of the molecule is CCOC(=O)N1CCN(CCOc2ccc(-c3ccn[nH]3)cn2)CC1. The van der Waals surface area contributed by atoms with E-state index in [1.54, 1.807) is 17.3 Å². The first-order chi connectivity index (χ1) is 12.3. The van der Waals surface area contributed by atoms with Crippen LogP contribution in [0.2, 0.25) is 0 Å². The van der Waals surface area contributed by atoms with Gasteiger partial charge in [0.25, 0.3) is 0 Å². The first-order valence-corrected chi connectivity index (χ1v) is 8.49. The van der Waals surface area contributed by atoms with Crippen molar-refractivity contribution < 1.29 is 14.3 Å². The summed E-state index contributed by atoms with van der Waals surface area (Å²) in [4.78, 5) is 20.0. The number of hydrogen-bond acceptors (Lipinski definition) is 6. The molecule has 1 aliphatic rings. The number of pyridine rings is 1. The average molecular weight is 345 g/mol. The van der Waals surface area contributed by atoms with Crippen molar-refractivity contribution in [2.24, 2.45) is 0 Å². The van der Waals surface area contributed by atoms with Crippen molar-refractivity contribution in [2.75, 3.05) is 45.9 Å². The number of rotatable bonds is 6. The standard InChI is InChI=1S/C17H23N5O3/c1-2-24-17(23)22-9-7-21(8-10-22)11-12-25-16-4-3-14(13-18-16)15-5-6-19-20-15/h3-6,13H,2,7-12H2,1H3,(H,19,20). The molecule has 3 rings (SSSR count). The molecule has 1 aliphatic heterocycles. The predicted octanol–water partition coefficient (Wildman–Crippen LogP) is 1.62. The van der Waals surface area contributed by atoms with Gasteiger partial charge in [0, 0.05) is 56.7 Å². The molecule has 8 nitrogen and oxygen atoms in total. The van der Waals surface area contributed by atoms with E-state index in [-0.39, 0.29) is 6.09 Å². The quantitative estimate of drug-likeness (QED) is 0.857. The van der Waals surface area contributed by atoms with E-state index < -0.39 is 0 Å². The normalized spacial score (nSPS) is 15.2. The second-order valence-electron chi connectivity index (χ2n) is 5.73. The largest absolute Gasteiger partial charge is 0.476 e. The number of amides is 1. The van der Waals surface area contributed by atoms with Crippen molar-refractivity contribution in [3.05, 3.63) is 30.6 Å². The number of nitrogens with one attached hydrogen (secondary N) is 1. The van der Waals surface area contributed by atoms with E-state index in [9.17, 15) is 4.79 Å². The lowest BCUT2D eigenvalue weighted by Gasteiger charge is -2.33. The molecule has 3 heterocycles. The predicted molar refractivity (Wildman–Crippen MR) is 92.3 cm³/mol. The van der Waals surface area contributed by atoms with Crippen LogP contribution < -0.4 is 4.74 Å². The molecule has 0 radical (unpaired) electrons. The Bertz CT molecular complexity index is 651. The van der Waals surface area contributed by atoms with Crippen molar-refractivity contribution >= 4 is 6.09 Å². The van der Waals surface area contributed by atoms with Gasteiger partial charge in [-0.25, -0.2) is 9.78 Å². The van der Waals surface area contributed by atoms with Crippen molar-refractivity contribution in [3.63, 3.8) is 0 Å². The molecule has 1 N–H and O–H groups in total. The highest BCUT2D eigenvalue weighted by Crippen LogP contribution is 2.17. The Labute approximate surface area is 146 Å². The second-order valence-corrected chi connectivity index (χ2v) is 5.73. The smallest absolute Gasteiger partial charge is 0.409 e. The minimum Gasteiger partial charge on any atom is -0.476 e. The fourth-order valence-corrected chi connectivity index (χ4v) is 2.69. The molecule has 1 fully saturated rings. The summed E-state index contributed by atoms with van der Waals surface area (Å²) in [6.07, 6.45) is 3.25. The van der Waals surface area contributed by atoms with Crippen molar-refractivity contribution in [1.29, 1.82) is 0 Å². The van der Waals surface area contributed by atoms with Gasteiger partial charge in [0.2, 0.25) is 5.88 Å². The minimum absolute atomic E-state index is 0.222. The molecule has 134 valence electrons. The molecule has 1 saturated heterocycles. The third-order valence-electron chi connectivity index (χ3n) is 4.10. The lowest BCUT2D eigenvalue weighted by molar-refractivity contribution is 0.0755. The first-order valence-electron chi connectivity index (χ1n) is 8.49. The maximum Gasteiger partial charge on any atom is 0.409 e. The Morgan fingerprint density at radius 1 is 1.24 bits per heavy atom. The van der Waals surface area contributed by atoms with Gasteiger partial charge in [0.15, 0.2) is 0 Å². The molecule has 0 unspecified atom stereocenters. The van der Waals surface area contributed by atoms with Crippen LogP contribution in [0.1, 0.15) is 6.92 Å². The Morgan fingerprint density at radius 2 is 2.08 bits per heavy atom. The van der Waals surface area contributed by atoms with E-state index in [0.29, 0.717) is 32.2 Å². The fourth-order valence-electron chi connectivity index (χ4n) is 2.69. The Morgan fingerprint density at radius 3 is 2.72 bits per heavy atom. The third-order valence-corrected chi connectivity index (χ3v) is 4.10. The van der Waals surface area contributed by atoms with E-state index in [1.165, 1.54) is 0 Å². The molecule has 0 aliphatic carbocycles. The van der Waals surface area contributed by atoms with Gasteiger partial charge in [-0.3, -0.25) is 10.00 Å². The fraction of sp³-hybridized carbons (Fsp3) is 0.471. The Kier molecular flexibility index (Phi) is 5.84. The van der Waals surface area contributed by atoms with Gasteiger partial charge in [-0.05, 0) is 19.1 Å². The van der Waals surface area contributed by atoms with Crippen LogP contribution in [-0.2, 0) is 4.74 Å². The molecule has 0 saturated carbocycles. The van der Waals surface area contributed by atoms with Crippen LogP contribution in [0, 0.1) is 0 Å². The highest BCUT2D eigenvalue weighted by molar-refractivity contribution is 5.67. The molecule has 25 heavy (non-hydrogen) atoms. The van der Waals surface area contributed by atoms with E-state index >= 15 is 0 Å². The molecule has 0 bridgehead atoms. The summed E-state index contributed by atoms with van der Waals surface area (Å²) >= 11 is 0. The molecular weight excluding hydrogens is 322 g/mol. The number of piperazine rings is 1. The van der Waals surface area contributed by atoms with E-state index in [1.807, 2.05) is 25.1 Å². The number of hydrogen-bond donors (Lipinski definition) is 1. The van der Waals surface area contributed by atoms with Crippen LogP contribution in [-0.4, -0.2) is 77.0 Å². The van der Waals surface area contributed by atoms with Crippen LogP contribution in [0.5, 0.6) is 5.88 Å². The summed E-state index contributed by atoms with van der Waals surface area (Å²) in [7, 11) is 0. The van der Waals surface area contributed by atoms with Gasteiger partial charge < -0.3 is 14.4 Å². The Balaban J connectivity index is 1.38. The van der Waals surface area contributed by atoms with Crippen LogP contribution in [0.15, 0.2) is 30.6 Å². The highest BCUT2D eigenvalue weighted by atomic mass is 16.6. The Hall–Kier alpha value is -2.61. The average Bonchev–Trinajstić information content (AvgIpc) is 3.18. The zero-order valence-corrected chi connectivity index (χ0v) is 14.4. The number of carbonyl (C=O) groups is 1. The maximum atomic E-state index is 11.7. The number of H-pyrrole nitrogens is 1. The zero-order valence-electron chi connectivity index (χ0n) is 14.4. The van der Waals surface area contributed by atoms with Crippen molar-refractivity contribution in [2.45, 2.75) is 6.92 Å². The van der Waals surface area contributed by atoms with Gasteiger partial charge in [0.1, 0.15) is 6.61 Å². The van der Waals surface area contributed by atoms with Crippen molar-refractivity contribution in [1.82, 2.24) is 25.0 Å². The first kappa shape index (κ1) is 17.2. The summed E-state index contributed by atoms with van der Waals surface area (Å²) in [5.74, 6) is 0.605. The van der Waals surface area contributed by atoms with E-state index in [4.69, 9.17) is 9.47 Å². The maximum absolute atomic E-state index is 11.7. The summed E-state index contributed by atoms with van der Waals surface area (Å²) in [5, 5.41) is 6.83. The van der Waals surface area contributed by atoms with Crippen molar-refractivity contribution in [3.8, 4) is 17.1 Å². The van der Waals surface area contributed by atoms with Gasteiger partial charge in [-0.15, -0.1) is 0 Å². The van der Waals surface area contributed by atoms with Crippen LogP contribution >= 0.6 is 0 Å². The van der Waals surface area contributed by atoms with Crippen LogP contribution in [0.3, 0.4) is 0 Å². The molecule has 2 aromatic rings. The van der Waals surface area contributed by atoms with Gasteiger partial charge in [0.05, 0.1) is 12.3 Å². The molecular formula is C17H23N5O3. The van der Waals surface area contributed by atoms with Gasteiger partial charge in [-0.2, -0.15) is 5.10 Å². The molecule has 0 atom stereocenters. The zero-order chi connectivity index (χ0) is 17.5. The molecule has 2 aromatic heterocycles. The molecule has 0 spiro atoms. The van der Waals surface area contributed by atoms with Gasteiger partial charge >= 0.3 is 6.09 Å². The number of nitrogens with zero attached hydrogens (tertiary/aromatic N) is 4. The van der Waals surface area contributed by atoms with E-state index in [0.717, 1.165) is 30.9 Å². The summed E-state index contributed by atoms with van der Waals surface area (Å²) < 4.78 is 10.7. The van der Waals surface area contributed by atoms with Crippen LogP contribution in [0.25, 0.3) is 11.3 Å². The number of ether oxygens (including phenoxy) is 2. The molecule has 1 amide bonds. The minimum atomic E-state index is -0.222. The lowest BCUT2D eigenvalue weighted by Crippen LogP contribution is -2.49. The van der Waals surface area contributed by atoms with E-state index in [2.05, 4.69) is 20.1 Å². The lowest BCUT2D eigenvalue weighted by atomic mass is 10.2. The summed E-state index contributed by atoms with van der Waals surface area (Å²) in [5.41, 5.74) is 1.90.